The van der Waals surface area contributed by atoms with Crippen LogP contribution in [-0.4, -0.2) is 14.9 Å². The molecule has 0 fully saturated rings. The molecule has 3 rings (SSSR count). The zero-order valence-electron chi connectivity index (χ0n) is 13.6. The third-order valence-electron chi connectivity index (χ3n) is 3.67. The normalized spacial score (nSPS) is 10.4. The second kappa shape index (κ2) is 7.43. The van der Waals surface area contributed by atoms with Crippen molar-refractivity contribution in [1.29, 1.82) is 0 Å². The van der Waals surface area contributed by atoms with E-state index < -0.39 is 4.92 Å². The van der Waals surface area contributed by atoms with Crippen molar-refractivity contribution in [3.8, 4) is 0 Å². The number of nitrogens with one attached hydrogen (secondary N) is 2. The molecule has 2 aromatic heterocycles. The first kappa shape index (κ1) is 16.4. The molecule has 0 unspecified atom stereocenters. The molecule has 0 radical (unpaired) electrons. The summed E-state index contributed by atoms with van der Waals surface area (Å²) in [7, 11) is 0. The lowest BCUT2D eigenvalue weighted by atomic mass is 10.1. The molecule has 3 aromatic rings. The Labute approximate surface area is 144 Å². The first-order valence-corrected chi connectivity index (χ1v) is 7.79. The maximum atomic E-state index is 11.6. The van der Waals surface area contributed by atoms with Crippen LogP contribution in [0.15, 0.2) is 53.4 Å². The number of nitrogens with zero attached hydrogens (tertiary/aromatic N) is 3. The van der Waals surface area contributed by atoms with Gasteiger partial charge in [0.2, 0.25) is 11.6 Å². The van der Waals surface area contributed by atoms with Crippen LogP contribution in [0.3, 0.4) is 0 Å². The fourth-order valence-corrected chi connectivity index (χ4v) is 2.43. The van der Waals surface area contributed by atoms with Gasteiger partial charge in [-0.05, 0) is 30.2 Å². The van der Waals surface area contributed by atoms with Crippen LogP contribution in [0, 0.1) is 10.1 Å². The summed E-state index contributed by atoms with van der Waals surface area (Å²) < 4.78 is 5.22. The average Bonchev–Trinajstić information content (AvgIpc) is 3.14. The quantitative estimate of drug-likeness (QED) is 0.496. The summed E-state index contributed by atoms with van der Waals surface area (Å²) in [4.78, 5) is 19.1. The molecule has 8 heteroatoms. The number of nitro groups is 1. The van der Waals surface area contributed by atoms with Crippen molar-refractivity contribution in [3.05, 3.63) is 70.4 Å². The Kier molecular flexibility index (Phi) is 4.89. The van der Waals surface area contributed by atoms with Crippen LogP contribution in [-0.2, 0) is 13.0 Å². The molecule has 0 saturated carbocycles. The van der Waals surface area contributed by atoms with Crippen molar-refractivity contribution in [3.63, 3.8) is 0 Å². The summed E-state index contributed by atoms with van der Waals surface area (Å²) >= 11 is 0. The van der Waals surface area contributed by atoms with Crippen molar-refractivity contribution in [2.24, 2.45) is 0 Å². The number of anilines is 3. The Morgan fingerprint density at radius 1 is 1.16 bits per heavy atom. The van der Waals surface area contributed by atoms with E-state index in [1.54, 1.807) is 18.4 Å². The number of furan rings is 1. The second-order valence-electron chi connectivity index (χ2n) is 5.25. The molecular weight excluding hydrogens is 322 g/mol. The minimum atomic E-state index is -0.499. The van der Waals surface area contributed by atoms with Gasteiger partial charge in [0, 0.05) is 5.69 Å². The number of benzene rings is 1. The van der Waals surface area contributed by atoms with Gasteiger partial charge in [0.15, 0.2) is 0 Å². The van der Waals surface area contributed by atoms with E-state index in [0.29, 0.717) is 5.76 Å². The van der Waals surface area contributed by atoms with Crippen molar-refractivity contribution < 1.29 is 9.34 Å². The third kappa shape index (κ3) is 3.74. The van der Waals surface area contributed by atoms with Crippen LogP contribution < -0.4 is 10.6 Å². The predicted octanol–water partition coefficient (Wildman–Crippen LogP) is 3.90. The van der Waals surface area contributed by atoms with E-state index in [9.17, 15) is 10.1 Å². The number of aromatic nitrogens is 2. The highest BCUT2D eigenvalue weighted by Crippen LogP contribution is 2.32. The molecule has 0 aliphatic rings. The average molecular weight is 339 g/mol. The van der Waals surface area contributed by atoms with Gasteiger partial charge in [-0.2, -0.15) is 0 Å². The first-order valence-electron chi connectivity index (χ1n) is 7.79. The van der Waals surface area contributed by atoms with Crippen LogP contribution in [0.2, 0.25) is 0 Å². The largest absolute Gasteiger partial charge is 0.467 e. The van der Waals surface area contributed by atoms with Crippen molar-refractivity contribution in [1.82, 2.24) is 9.97 Å². The monoisotopic (exact) mass is 339 g/mol. The SMILES string of the molecule is CCc1ccccc1Nc1ncnc(NCc2ccco2)c1[N+](=O)[O-]. The Hall–Kier alpha value is -3.42. The fourth-order valence-electron chi connectivity index (χ4n) is 2.43. The molecule has 0 atom stereocenters. The number of aryl methyl sites for hydroxylation is 1. The van der Waals surface area contributed by atoms with Gasteiger partial charge in [-0.25, -0.2) is 9.97 Å². The van der Waals surface area contributed by atoms with Gasteiger partial charge < -0.3 is 15.1 Å². The summed E-state index contributed by atoms with van der Waals surface area (Å²) in [5.41, 5.74) is 1.62. The Morgan fingerprint density at radius 3 is 2.68 bits per heavy atom. The van der Waals surface area contributed by atoms with E-state index >= 15 is 0 Å². The van der Waals surface area contributed by atoms with Gasteiger partial charge in [-0.3, -0.25) is 10.1 Å². The maximum absolute atomic E-state index is 11.6. The topological polar surface area (TPSA) is 106 Å². The molecule has 8 nitrogen and oxygen atoms in total. The minimum Gasteiger partial charge on any atom is -0.467 e. The molecule has 1 aromatic carbocycles. The Balaban J connectivity index is 1.91. The van der Waals surface area contributed by atoms with E-state index in [2.05, 4.69) is 20.6 Å². The van der Waals surface area contributed by atoms with E-state index in [4.69, 9.17) is 4.42 Å². The van der Waals surface area contributed by atoms with E-state index in [1.807, 2.05) is 31.2 Å². The highest BCUT2D eigenvalue weighted by atomic mass is 16.6. The molecule has 128 valence electrons. The van der Waals surface area contributed by atoms with E-state index in [0.717, 1.165) is 17.7 Å². The van der Waals surface area contributed by atoms with Crippen LogP contribution in [0.5, 0.6) is 0 Å². The third-order valence-corrected chi connectivity index (χ3v) is 3.67. The molecule has 0 amide bonds. The molecule has 0 bridgehead atoms. The summed E-state index contributed by atoms with van der Waals surface area (Å²) in [6, 6.07) is 11.1. The van der Waals surface area contributed by atoms with Crippen molar-refractivity contribution >= 4 is 23.0 Å². The van der Waals surface area contributed by atoms with Crippen LogP contribution in [0.25, 0.3) is 0 Å². The zero-order valence-corrected chi connectivity index (χ0v) is 13.6. The Morgan fingerprint density at radius 2 is 1.96 bits per heavy atom. The maximum Gasteiger partial charge on any atom is 0.353 e. The molecular formula is C17H17N5O3. The number of hydrogen-bond donors (Lipinski definition) is 2. The zero-order chi connectivity index (χ0) is 17.6. The number of para-hydroxylation sites is 1. The molecule has 0 aliphatic carbocycles. The molecule has 25 heavy (non-hydrogen) atoms. The summed E-state index contributed by atoms with van der Waals surface area (Å²) in [6.07, 6.45) is 3.63. The molecule has 2 N–H and O–H groups in total. The standard InChI is InChI=1S/C17H17N5O3/c1-2-12-6-3-4-8-14(12)21-17-15(22(23)24)16(19-11-20-17)18-10-13-7-5-9-25-13/h3-9,11H,2,10H2,1H3,(H2,18,19,20,21). The summed E-state index contributed by atoms with van der Waals surface area (Å²) in [5.74, 6) is 0.925. The van der Waals surface area contributed by atoms with E-state index in [1.165, 1.54) is 6.33 Å². The molecule has 2 heterocycles. The van der Waals surface area contributed by atoms with Crippen LogP contribution >= 0.6 is 0 Å². The van der Waals surface area contributed by atoms with Gasteiger partial charge in [-0.15, -0.1) is 0 Å². The fraction of sp³-hybridized carbons (Fsp3) is 0.176. The van der Waals surface area contributed by atoms with Crippen molar-refractivity contribution in [2.45, 2.75) is 19.9 Å². The second-order valence-corrected chi connectivity index (χ2v) is 5.25. The smallest absolute Gasteiger partial charge is 0.353 e. The molecule has 0 saturated heterocycles. The predicted molar refractivity (Wildman–Crippen MR) is 93.8 cm³/mol. The number of hydrogen-bond acceptors (Lipinski definition) is 7. The lowest BCUT2D eigenvalue weighted by molar-refractivity contribution is -0.383. The summed E-state index contributed by atoms with van der Waals surface area (Å²) in [6.45, 7) is 2.31. The van der Waals surface area contributed by atoms with E-state index in [-0.39, 0.29) is 23.9 Å². The van der Waals surface area contributed by atoms with Gasteiger partial charge in [0.25, 0.3) is 0 Å². The highest BCUT2D eigenvalue weighted by molar-refractivity contribution is 5.74. The first-order chi connectivity index (χ1) is 12.2. The Bertz CT molecular complexity index is 864. The lowest BCUT2D eigenvalue weighted by Gasteiger charge is -2.12. The molecule has 0 spiro atoms. The molecule has 0 aliphatic heterocycles. The number of rotatable bonds is 7. The highest BCUT2D eigenvalue weighted by Gasteiger charge is 2.23. The van der Waals surface area contributed by atoms with Gasteiger partial charge in [0.05, 0.1) is 17.7 Å². The van der Waals surface area contributed by atoms with Gasteiger partial charge >= 0.3 is 5.69 Å². The van der Waals surface area contributed by atoms with Gasteiger partial charge in [-0.1, -0.05) is 25.1 Å². The van der Waals surface area contributed by atoms with Crippen molar-refractivity contribution in [2.75, 3.05) is 10.6 Å². The van der Waals surface area contributed by atoms with Crippen LogP contribution in [0.1, 0.15) is 18.2 Å². The van der Waals surface area contributed by atoms with Gasteiger partial charge in [0.1, 0.15) is 12.1 Å². The lowest BCUT2D eigenvalue weighted by Crippen LogP contribution is -2.08. The summed E-state index contributed by atoms with van der Waals surface area (Å²) in [5, 5.41) is 17.5. The van der Waals surface area contributed by atoms with Crippen LogP contribution in [0.4, 0.5) is 23.0 Å². The minimum absolute atomic E-state index is 0.132.